The standard InChI is InChI=1S/C21H38N2.BrH/c1-3-5-6-7-8-9-10-11-12-13-14-15-16-17-19-23-20-18-22-21(23)4-2;/h4,18,20H,2-3,5-17,19H2,1H3;1H. The largest absolute Gasteiger partial charge is 1.00 e. The molecule has 0 aliphatic heterocycles. The van der Waals surface area contributed by atoms with Crippen LogP contribution < -0.4 is 21.5 Å². The molecule has 0 aliphatic carbocycles. The molecule has 24 heavy (non-hydrogen) atoms. The van der Waals surface area contributed by atoms with Crippen LogP contribution in [0.1, 0.15) is 103 Å². The normalized spacial score (nSPS) is 10.5. The molecule has 0 atom stereocenters. The van der Waals surface area contributed by atoms with Gasteiger partial charge in [0, 0.05) is 6.08 Å². The number of aromatic amines is 1. The minimum absolute atomic E-state index is 0. The molecule has 2 nitrogen and oxygen atoms in total. The second-order valence-electron chi connectivity index (χ2n) is 6.84. The Morgan fingerprint density at radius 1 is 0.833 bits per heavy atom. The van der Waals surface area contributed by atoms with Gasteiger partial charge in [-0.3, -0.25) is 0 Å². The summed E-state index contributed by atoms with van der Waals surface area (Å²) in [6, 6.07) is 0. The van der Waals surface area contributed by atoms with Crippen LogP contribution >= 0.6 is 0 Å². The molecular formula is C21H39BrN2. The molecule has 0 saturated heterocycles. The highest BCUT2D eigenvalue weighted by atomic mass is 79.9. The highest BCUT2D eigenvalue weighted by Crippen LogP contribution is 2.12. The Hall–Kier alpha value is -0.570. The van der Waals surface area contributed by atoms with Crippen molar-refractivity contribution in [3.05, 3.63) is 24.8 Å². The molecular weight excluding hydrogens is 360 g/mol. The van der Waals surface area contributed by atoms with E-state index in [2.05, 4.69) is 29.3 Å². The number of rotatable bonds is 16. The molecule has 0 spiro atoms. The fourth-order valence-corrected chi connectivity index (χ4v) is 3.22. The SMILES string of the molecule is C=Cc1[nH]cc[n+]1CCCCCCCCCCCCCCCC.[Br-]. The monoisotopic (exact) mass is 398 g/mol. The minimum atomic E-state index is 0. The molecule has 1 heterocycles. The molecule has 0 fully saturated rings. The number of imidazole rings is 1. The molecule has 0 aliphatic rings. The molecule has 1 rings (SSSR count). The predicted molar refractivity (Wildman–Crippen MR) is 101 cm³/mol. The van der Waals surface area contributed by atoms with Crippen LogP contribution in [0.4, 0.5) is 0 Å². The first-order valence-electron chi connectivity index (χ1n) is 10.1. The summed E-state index contributed by atoms with van der Waals surface area (Å²) in [7, 11) is 0. The van der Waals surface area contributed by atoms with Gasteiger partial charge in [0.2, 0.25) is 0 Å². The first-order valence-corrected chi connectivity index (χ1v) is 10.1. The zero-order valence-corrected chi connectivity index (χ0v) is 17.5. The van der Waals surface area contributed by atoms with Gasteiger partial charge in [-0.1, -0.05) is 90.6 Å². The highest BCUT2D eigenvalue weighted by molar-refractivity contribution is 5.31. The summed E-state index contributed by atoms with van der Waals surface area (Å²) < 4.78 is 2.26. The summed E-state index contributed by atoms with van der Waals surface area (Å²) in [5.41, 5.74) is 0. The van der Waals surface area contributed by atoms with Gasteiger partial charge in [0.15, 0.2) is 0 Å². The van der Waals surface area contributed by atoms with Gasteiger partial charge in [0.05, 0.1) is 6.54 Å². The molecule has 1 aromatic rings. The van der Waals surface area contributed by atoms with Crippen LogP contribution in [0.5, 0.6) is 0 Å². The topological polar surface area (TPSA) is 19.7 Å². The van der Waals surface area contributed by atoms with Gasteiger partial charge in [0.25, 0.3) is 5.82 Å². The average molecular weight is 399 g/mol. The molecule has 0 amide bonds. The number of hydrogen-bond acceptors (Lipinski definition) is 0. The van der Waals surface area contributed by atoms with E-state index in [-0.39, 0.29) is 17.0 Å². The summed E-state index contributed by atoms with van der Waals surface area (Å²) in [5, 5.41) is 0. The molecule has 0 aromatic carbocycles. The van der Waals surface area contributed by atoms with Crippen molar-refractivity contribution in [3.63, 3.8) is 0 Å². The third-order valence-electron chi connectivity index (χ3n) is 4.74. The number of aryl methyl sites for hydroxylation is 1. The van der Waals surface area contributed by atoms with Crippen molar-refractivity contribution in [2.45, 2.75) is 103 Å². The van der Waals surface area contributed by atoms with E-state index in [1.807, 2.05) is 12.3 Å². The Bertz CT molecular complexity index is 387. The number of halogens is 1. The summed E-state index contributed by atoms with van der Waals surface area (Å²) in [4.78, 5) is 3.20. The average Bonchev–Trinajstić information content (AvgIpc) is 3.02. The lowest BCUT2D eigenvalue weighted by molar-refractivity contribution is -0.697. The molecule has 140 valence electrons. The van der Waals surface area contributed by atoms with Crippen molar-refractivity contribution < 1.29 is 21.5 Å². The first kappa shape index (κ1) is 23.4. The van der Waals surface area contributed by atoms with Crippen LogP contribution in [0.2, 0.25) is 0 Å². The predicted octanol–water partition coefficient (Wildman–Crippen LogP) is 3.43. The second-order valence-corrected chi connectivity index (χ2v) is 6.84. The van der Waals surface area contributed by atoms with Gasteiger partial charge in [-0.25, -0.2) is 9.55 Å². The van der Waals surface area contributed by atoms with E-state index < -0.39 is 0 Å². The van der Waals surface area contributed by atoms with Crippen molar-refractivity contribution in [2.24, 2.45) is 0 Å². The fraction of sp³-hybridized carbons (Fsp3) is 0.762. The first-order chi connectivity index (χ1) is 11.4. The van der Waals surface area contributed by atoms with Gasteiger partial charge in [-0.05, 0) is 12.8 Å². The summed E-state index contributed by atoms with van der Waals surface area (Å²) >= 11 is 0. The van der Waals surface area contributed by atoms with E-state index in [4.69, 9.17) is 0 Å². The summed E-state index contributed by atoms with van der Waals surface area (Å²) in [5.74, 6) is 1.12. The zero-order valence-electron chi connectivity index (χ0n) is 15.9. The van der Waals surface area contributed by atoms with Crippen LogP contribution in [0.25, 0.3) is 6.08 Å². The van der Waals surface area contributed by atoms with Crippen LogP contribution in [-0.2, 0) is 6.54 Å². The number of nitrogens with one attached hydrogen (secondary N) is 1. The highest BCUT2D eigenvalue weighted by Gasteiger charge is 2.04. The molecule has 0 bridgehead atoms. The van der Waals surface area contributed by atoms with E-state index in [1.54, 1.807) is 0 Å². The lowest BCUT2D eigenvalue weighted by Gasteiger charge is -2.03. The van der Waals surface area contributed by atoms with Crippen LogP contribution in [0, 0.1) is 0 Å². The van der Waals surface area contributed by atoms with Gasteiger partial charge >= 0.3 is 0 Å². The Morgan fingerprint density at radius 2 is 1.29 bits per heavy atom. The van der Waals surface area contributed by atoms with Crippen molar-refractivity contribution in [3.8, 4) is 0 Å². The van der Waals surface area contributed by atoms with Crippen LogP contribution in [0.15, 0.2) is 19.0 Å². The summed E-state index contributed by atoms with van der Waals surface area (Å²) in [6.07, 6.45) is 25.9. The van der Waals surface area contributed by atoms with E-state index >= 15 is 0 Å². The van der Waals surface area contributed by atoms with Crippen molar-refractivity contribution in [2.75, 3.05) is 0 Å². The lowest BCUT2D eigenvalue weighted by Crippen LogP contribution is -3.00. The molecule has 0 saturated carbocycles. The molecule has 1 aromatic heterocycles. The van der Waals surface area contributed by atoms with Crippen LogP contribution in [-0.4, -0.2) is 4.98 Å². The molecule has 0 radical (unpaired) electrons. The Balaban J connectivity index is 0.00000529. The lowest BCUT2D eigenvalue weighted by atomic mass is 10.0. The van der Waals surface area contributed by atoms with Gasteiger partial charge in [-0.2, -0.15) is 0 Å². The summed E-state index contributed by atoms with van der Waals surface area (Å²) in [6.45, 7) is 7.23. The van der Waals surface area contributed by atoms with Gasteiger partial charge in [0.1, 0.15) is 12.4 Å². The number of unbranched alkanes of at least 4 members (excludes halogenated alkanes) is 13. The molecule has 1 N–H and O–H groups in total. The number of aromatic nitrogens is 2. The van der Waals surface area contributed by atoms with E-state index in [0.29, 0.717) is 0 Å². The van der Waals surface area contributed by atoms with Crippen LogP contribution in [0.3, 0.4) is 0 Å². The molecule has 3 heteroatoms. The number of nitrogens with zero attached hydrogens (tertiary/aromatic N) is 1. The fourth-order valence-electron chi connectivity index (χ4n) is 3.22. The third-order valence-corrected chi connectivity index (χ3v) is 4.74. The molecule has 0 unspecified atom stereocenters. The third kappa shape index (κ3) is 11.9. The van der Waals surface area contributed by atoms with E-state index in [9.17, 15) is 0 Å². The van der Waals surface area contributed by atoms with Gasteiger partial charge in [-0.15, -0.1) is 0 Å². The van der Waals surface area contributed by atoms with Crippen molar-refractivity contribution in [1.29, 1.82) is 0 Å². The van der Waals surface area contributed by atoms with E-state index in [1.165, 1.54) is 89.9 Å². The van der Waals surface area contributed by atoms with E-state index in [0.717, 1.165) is 12.4 Å². The maximum absolute atomic E-state index is 3.83. The Kier molecular flexibility index (Phi) is 16.8. The second kappa shape index (κ2) is 17.3. The Morgan fingerprint density at radius 3 is 1.75 bits per heavy atom. The minimum Gasteiger partial charge on any atom is -1.00 e. The number of hydrogen-bond donors (Lipinski definition) is 1. The number of H-pyrrole nitrogens is 1. The maximum Gasteiger partial charge on any atom is 0.278 e. The smallest absolute Gasteiger partial charge is 0.278 e. The quantitative estimate of drug-likeness (QED) is 0.325. The maximum atomic E-state index is 3.83. The zero-order chi connectivity index (χ0) is 16.6. The Labute approximate surface area is 160 Å². The van der Waals surface area contributed by atoms with Crippen molar-refractivity contribution >= 4 is 6.08 Å². The van der Waals surface area contributed by atoms with Crippen molar-refractivity contribution in [1.82, 2.24) is 4.98 Å². The van der Waals surface area contributed by atoms with Gasteiger partial charge < -0.3 is 17.0 Å².